The van der Waals surface area contributed by atoms with Gasteiger partial charge >= 0.3 is 12.0 Å². The average molecular weight is 401 g/mol. The van der Waals surface area contributed by atoms with Crippen LogP contribution in [0.5, 0.6) is 5.75 Å². The van der Waals surface area contributed by atoms with Gasteiger partial charge in [0.15, 0.2) is 0 Å². The zero-order valence-corrected chi connectivity index (χ0v) is 16.6. The van der Waals surface area contributed by atoms with Crippen molar-refractivity contribution < 1.29 is 19.1 Å². The van der Waals surface area contributed by atoms with Gasteiger partial charge < -0.3 is 19.7 Å². The van der Waals surface area contributed by atoms with Crippen molar-refractivity contribution in [3.05, 3.63) is 76.0 Å². The highest BCUT2D eigenvalue weighted by Crippen LogP contribution is 2.37. The molecule has 2 aromatic rings. The molecule has 0 aliphatic carbocycles. The molecule has 0 saturated carbocycles. The summed E-state index contributed by atoms with van der Waals surface area (Å²) in [6, 6.07) is 13.8. The summed E-state index contributed by atoms with van der Waals surface area (Å²) in [5.41, 5.74) is 2.42. The third-order valence-corrected chi connectivity index (χ3v) is 4.91. The van der Waals surface area contributed by atoms with Crippen LogP contribution in [0, 0.1) is 0 Å². The molecule has 1 aliphatic rings. The van der Waals surface area contributed by atoms with Crippen LogP contribution in [0.1, 0.15) is 24.1 Å². The quantitative estimate of drug-likeness (QED) is 0.768. The zero-order chi connectivity index (χ0) is 20.3. The minimum Gasteiger partial charge on any atom is -0.489 e. The summed E-state index contributed by atoms with van der Waals surface area (Å²) in [5.74, 6) is 0.000596. The standard InChI is InChI=1S/C21H21ClN2O4/c1-13-18(20(25)27-3)19(23-21(26)24(13)2)16-11-15(22)9-10-17(16)28-12-14-7-5-4-6-8-14/h4-11,19H,12H2,1-3H3,(H,23,26)/t19-/m0/s1. The monoisotopic (exact) mass is 400 g/mol. The Hall–Kier alpha value is -2.99. The number of nitrogens with one attached hydrogen (secondary N) is 1. The fourth-order valence-electron chi connectivity index (χ4n) is 3.05. The summed E-state index contributed by atoms with van der Waals surface area (Å²) < 4.78 is 10.9. The molecular weight excluding hydrogens is 380 g/mol. The number of allylic oxidation sites excluding steroid dienone is 1. The molecule has 0 aromatic heterocycles. The highest BCUT2D eigenvalue weighted by atomic mass is 35.5. The Balaban J connectivity index is 2.02. The van der Waals surface area contributed by atoms with Gasteiger partial charge in [-0.05, 0) is 30.7 Å². The van der Waals surface area contributed by atoms with Gasteiger partial charge in [0.2, 0.25) is 0 Å². The minimum absolute atomic E-state index is 0.330. The summed E-state index contributed by atoms with van der Waals surface area (Å²) >= 11 is 6.20. The Bertz CT molecular complexity index is 927. The van der Waals surface area contributed by atoms with Crippen molar-refractivity contribution in [1.82, 2.24) is 10.2 Å². The van der Waals surface area contributed by atoms with Crippen LogP contribution >= 0.6 is 11.6 Å². The van der Waals surface area contributed by atoms with Crippen LogP contribution in [0.25, 0.3) is 0 Å². The molecule has 0 unspecified atom stereocenters. The van der Waals surface area contributed by atoms with Gasteiger partial charge in [-0.25, -0.2) is 9.59 Å². The Morgan fingerprint density at radius 3 is 2.61 bits per heavy atom. The molecular formula is C21H21ClN2O4. The SMILES string of the molecule is COC(=O)C1=C(C)N(C)C(=O)N[C@H]1c1cc(Cl)ccc1OCc1ccccc1. The molecule has 0 spiro atoms. The zero-order valence-electron chi connectivity index (χ0n) is 15.9. The van der Waals surface area contributed by atoms with Crippen molar-refractivity contribution in [1.29, 1.82) is 0 Å². The highest BCUT2D eigenvalue weighted by Gasteiger charge is 2.36. The van der Waals surface area contributed by atoms with Gasteiger partial charge in [-0.3, -0.25) is 0 Å². The fourth-order valence-corrected chi connectivity index (χ4v) is 3.24. The number of halogens is 1. The fraction of sp³-hybridized carbons (Fsp3) is 0.238. The number of hydrogen-bond acceptors (Lipinski definition) is 4. The normalized spacial score (nSPS) is 16.6. The number of esters is 1. The number of carbonyl (C=O) groups is 2. The number of benzene rings is 2. The van der Waals surface area contributed by atoms with Crippen LogP contribution in [0.2, 0.25) is 5.02 Å². The van der Waals surface area contributed by atoms with E-state index in [1.807, 2.05) is 30.3 Å². The Kier molecular flexibility index (Phi) is 5.90. The maximum atomic E-state index is 12.5. The third kappa shape index (κ3) is 3.97. The second-order valence-electron chi connectivity index (χ2n) is 6.39. The Morgan fingerprint density at radius 1 is 1.21 bits per heavy atom. The summed E-state index contributed by atoms with van der Waals surface area (Å²) in [6.45, 7) is 2.04. The largest absolute Gasteiger partial charge is 0.489 e. The molecule has 1 aliphatic heterocycles. The van der Waals surface area contributed by atoms with E-state index in [-0.39, 0.29) is 6.03 Å². The van der Waals surface area contributed by atoms with Gasteiger partial charge in [-0.2, -0.15) is 0 Å². The molecule has 2 aromatic carbocycles. The van der Waals surface area contributed by atoms with E-state index in [1.165, 1.54) is 12.0 Å². The van der Waals surface area contributed by atoms with Crippen molar-refractivity contribution in [3.63, 3.8) is 0 Å². The first-order chi connectivity index (χ1) is 13.4. The van der Waals surface area contributed by atoms with E-state index >= 15 is 0 Å². The number of amides is 2. The molecule has 3 rings (SSSR count). The predicted octanol–water partition coefficient (Wildman–Crippen LogP) is 4.06. The number of rotatable bonds is 5. The molecule has 7 heteroatoms. The molecule has 146 valence electrons. The van der Waals surface area contributed by atoms with E-state index in [9.17, 15) is 9.59 Å². The lowest BCUT2D eigenvalue weighted by atomic mass is 9.94. The van der Waals surface area contributed by atoms with Gasteiger partial charge in [-0.15, -0.1) is 0 Å². The van der Waals surface area contributed by atoms with Gasteiger partial charge in [0, 0.05) is 23.3 Å². The first-order valence-electron chi connectivity index (χ1n) is 8.72. The molecule has 0 radical (unpaired) electrons. The van der Waals surface area contributed by atoms with Crippen molar-refractivity contribution in [3.8, 4) is 5.75 Å². The summed E-state index contributed by atoms with van der Waals surface area (Å²) in [5, 5.41) is 3.30. The summed E-state index contributed by atoms with van der Waals surface area (Å²) in [7, 11) is 2.90. The topological polar surface area (TPSA) is 67.9 Å². The first-order valence-corrected chi connectivity index (χ1v) is 9.09. The maximum absolute atomic E-state index is 12.5. The number of ether oxygens (including phenoxy) is 2. The van der Waals surface area contributed by atoms with Crippen LogP contribution < -0.4 is 10.1 Å². The van der Waals surface area contributed by atoms with Crippen LogP contribution in [0.3, 0.4) is 0 Å². The molecule has 1 atom stereocenters. The van der Waals surface area contributed by atoms with Crippen molar-refractivity contribution >= 4 is 23.6 Å². The van der Waals surface area contributed by atoms with Crippen LogP contribution in [-0.4, -0.2) is 31.1 Å². The van der Waals surface area contributed by atoms with Gasteiger partial charge in [0.1, 0.15) is 12.4 Å². The molecule has 0 bridgehead atoms. The average Bonchev–Trinajstić information content (AvgIpc) is 2.71. The molecule has 0 saturated heterocycles. The lowest BCUT2D eigenvalue weighted by Crippen LogP contribution is -2.46. The smallest absolute Gasteiger partial charge is 0.337 e. The van der Waals surface area contributed by atoms with E-state index in [1.54, 1.807) is 32.2 Å². The highest BCUT2D eigenvalue weighted by molar-refractivity contribution is 6.30. The second kappa shape index (κ2) is 8.35. The molecule has 28 heavy (non-hydrogen) atoms. The van der Waals surface area contributed by atoms with Crippen LogP contribution in [0.15, 0.2) is 59.8 Å². The summed E-state index contributed by atoms with van der Waals surface area (Å²) in [4.78, 5) is 26.2. The van der Waals surface area contributed by atoms with Crippen LogP contribution in [0.4, 0.5) is 4.79 Å². The minimum atomic E-state index is -0.736. The Labute approximate surface area is 168 Å². The predicted molar refractivity (Wildman–Crippen MR) is 106 cm³/mol. The molecule has 1 heterocycles. The van der Waals surface area contributed by atoms with E-state index in [4.69, 9.17) is 21.1 Å². The number of carbonyl (C=O) groups excluding carboxylic acids is 2. The Morgan fingerprint density at radius 2 is 1.93 bits per heavy atom. The van der Waals surface area contributed by atoms with Crippen molar-refractivity contribution in [2.24, 2.45) is 0 Å². The maximum Gasteiger partial charge on any atom is 0.337 e. The number of methoxy groups -OCH3 is 1. The van der Waals surface area contributed by atoms with E-state index in [0.29, 0.717) is 34.2 Å². The second-order valence-corrected chi connectivity index (χ2v) is 6.83. The van der Waals surface area contributed by atoms with Gasteiger partial charge in [0.05, 0.1) is 18.7 Å². The number of hydrogen-bond donors (Lipinski definition) is 1. The van der Waals surface area contributed by atoms with Crippen molar-refractivity contribution in [2.45, 2.75) is 19.6 Å². The van der Waals surface area contributed by atoms with Crippen molar-refractivity contribution in [2.75, 3.05) is 14.2 Å². The molecule has 1 N–H and O–H groups in total. The lowest BCUT2D eigenvalue weighted by Gasteiger charge is -2.33. The third-order valence-electron chi connectivity index (χ3n) is 4.68. The molecule has 6 nitrogen and oxygen atoms in total. The summed E-state index contributed by atoms with van der Waals surface area (Å²) in [6.07, 6.45) is 0. The number of urea groups is 1. The van der Waals surface area contributed by atoms with E-state index < -0.39 is 12.0 Å². The molecule has 0 fully saturated rings. The lowest BCUT2D eigenvalue weighted by molar-refractivity contribution is -0.136. The van der Waals surface area contributed by atoms with Gasteiger partial charge in [0.25, 0.3) is 0 Å². The number of nitrogens with zero attached hydrogens (tertiary/aromatic N) is 1. The van der Waals surface area contributed by atoms with E-state index in [0.717, 1.165) is 5.56 Å². The molecule has 2 amide bonds. The first kappa shape index (κ1) is 19.8. The van der Waals surface area contributed by atoms with Crippen LogP contribution in [-0.2, 0) is 16.1 Å². The van der Waals surface area contributed by atoms with Gasteiger partial charge in [-0.1, -0.05) is 41.9 Å². The van der Waals surface area contributed by atoms with E-state index in [2.05, 4.69) is 5.32 Å².